The maximum absolute atomic E-state index is 14.2. The van der Waals surface area contributed by atoms with Gasteiger partial charge in [0.25, 0.3) is 5.69 Å². The van der Waals surface area contributed by atoms with Gasteiger partial charge in [-0.25, -0.2) is 9.37 Å². The van der Waals surface area contributed by atoms with Crippen molar-refractivity contribution in [3.05, 3.63) is 51.2 Å². The summed E-state index contributed by atoms with van der Waals surface area (Å²) in [5.41, 5.74) is 5.55. The van der Waals surface area contributed by atoms with Crippen LogP contribution < -0.4 is 16.4 Å². The zero-order chi connectivity index (χ0) is 25.3. The molecular weight excluding hydrogens is 501 g/mol. The lowest BCUT2D eigenvalue weighted by molar-refractivity contribution is -0.384. The largest absolute Gasteiger partial charge is 0.369 e. The monoisotopic (exact) mass is 519 g/mol. The Labute approximate surface area is 207 Å². The second-order valence-corrected chi connectivity index (χ2v) is 9.89. The summed E-state index contributed by atoms with van der Waals surface area (Å²) in [7, 11) is 0. The van der Waals surface area contributed by atoms with E-state index in [1.165, 1.54) is 23.9 Å². The molecule has 2 aliphatic carbocycles. The fourth-order valence-corrected chi connectivity index (χ4v) is 6.40. The molecule has 1 heterocycles. The van der Waals surface area contributed by atoms with Gasteiger partial charge in [-0.2, -0.15) is 10.2 Å². The highest BCUT2D eigenvalue weighted by molar-refractivity contribution is 8.00. The number of non-ortho nitro benzene ring substituents is 1. The van der Waals surface area contributed by atoms with Gasteiger partial charge in [0, 0.05) is 23.4 Å². The number of amides is 2. The van der Waals surface area contributed by atoms with Crippen LogP contribution in [0, 0.1) is 45.0 Å². The molecule has 0 saturated heterocycles. The van der Waals surface area contributed by atoms with Gasteiger partial charge in [-0.1, -0.05) is 0 Å². The first-order chi connectivity index (χ1) is 16.7. The van der Waals surface area contributed by atoms with Crippen LogP contribution in [0.2, 0.25) is 5.28 Å². The van der Waals surface area contributed by atoms with Gasteiger partial charge >= 0.3 is 0 Å². The number of nitro benzene ring substituents is 1. The number of nitriles is 1. The van der Waals surface area contributed by atoms with Crippen LogP contribution in [-0.2, 0) is 9.59 Å². The van der Waals surface area contributed by atoms with Crippen molar-refractivity contribution in [3.63, 3.8) is 0 Å². The first-order valence-electron chi connectivity index (χ1n) is 10.5. The number of nitro groups is 1. The fraction of sp³-hybridized carbons (Fsp3) is 0.381. The standard InChI is InChI=1S/C21H19ClFN7O4S/c22-21-26-7-13(23)20(29-21)28-18-12-3-10(17(18)19(25)32)4-15(12)35-8-16(31)27-14-5-11(30(33)34)2-1-9(14)6-24/h1-2,5,7,10,12,15,17-18H,3-4,8H2,(H2,25,32)(H,27,31)(H,26,28,29). The number of carbonyl (C=O) groups excluding carboxylic acids is 2. The maximum Gasteiger partial charge on any atom is 0.271 e. The second kappa shape index (κ2) is 10.0. The van der Waals surface area contributed by atoms with E-state index in [4.69, 9.17) is 17.3 Å². The van der Waals surface area contributed by atoms with Crippen molar-refractivity contribution >= 4 is 52.4 Å². The predicted molar refractivity (Wildman–Crippen MR) is 126 cm³/mol. The predicted octanol–water partition coefficient (Wildman–Crippen LogP) is 2.71. The van der Waals surface area contributed by atoms with Crippen LogP contribution in [0.15, 0.2) is 24.4 Å². The Morgan fingerprint density at radius 3 is 2.86 bits per heavy atom. The van der Waals surface area contributed by atoms with Gasteiger partial charge in [-0.15, -0.1) is 11.8 Å². The summed E-state index contributed by atoms with van der Waals surface area (Å²) in [5, 5.41) is 25.6. The first kappa shape index (κ1) is 24.6. The SMILES string of the molecule is N#Cc1ccc([N+](=O)[O-])cc1NC(=O)CSC1CC2CC1C(Nc1nc(Cl)ncc1F)C2C(N)=O. The highest BCUT2D eigenvalue weighted by Crippen LogP contribution is 2.53. The average Bonchev–Trinajstić information content (AvgIpc) is 3.38. The normalized spacial score (nSPS) is 24.5. The Balaban J connectivity index is 1.44. The molecule has 1 aromatic heterocycles. The van der Waals surface area contributed by atoms with Crippen molar-refractivity contribution in [2.45, 2.75) is 24.1 Å². The summed E-state index contributed by atoms with van der Waals surface area (Å²) in [6.07, 6.45) is 2.26. The molecule has 2 aliphatic rings. The number of thioether (sulfide) groups is 1. The minimum absolute atomic E-state index is 0.0170. The summed E-state index contributed by atoms with van der Waals surface area (Å²) < 4.78 is 14.2. The summed E-state index contributed by atoms with van der Waals surface area (Å²) in [5.74, 6) is -2.39. The van der Waals surface area contributed by atoms with Crippen LogP contribution in [0.1, 0.15) is 18.4 Å². The Bertz CT molecular complexity index is 1240. The van der Waals surface area contributed by atoms with E-state index in [1.807, 2.05) is 6.07 Å². The van der Waals surface area contributed by atoms with E-state index in [0.29, 0.717) is 12.8 Å². The quantitative estimate of drug-likeness (QED) is 0.268. The van der Waals surface area contributed by atoms with Gasteiger partial charge in [0.15, 0.2) is 11.6 Å². The third-order valence-corrected chi connectivity index (χ3v) is 7.91. The van der Waals surface area contributed by atoms with E-state index >= 15 is 0 Å². The lowest BCUT2D eigenvalue weighted by Crippen LogP contribution is -2.46. The van der Waals surface area contributed by atoms with Gasteiger partial charge in [0.2, 0.25) is 17.1 Å². The number of fused-ring (bicyclic) bond motifs is 2. The topological polar surface area (TPSA) is 177 Å². The van der Waals surface area contributed by atoms with Crippen molar-refractivity contribution < 1.29 is 18.9 Å². The number of nitrogens with one attached hydrogen (secondary N) is 2. The van der Waals surface area contributed by atoms with Crippen molar-refractivity contribution in [1.29, 1.82) is 5.26 Å². The van der Waals surface area contributed by atoms with E-state index in [1.54, 1.807) is 0 Å². The van der Waals surface area contributed by atoms with Crippen LogP contribution in [0.5, 0.6) is 0 Å². The number of hydrogen-bond donors (Lipinski definition) is 3. The minimum atomic E-state index is -0.714. The van der Waals surface area contributed by atoms with E-state index < -0.39 is 34.5 Å². The van der Waals surface area contributed by atoms with Gasteiger partial charge in [-0.05, 0) is 42.3 Å². The molecule has 0 aliphatic heterocycles. The molecular formula is C21H19ClFN7O4S. The van der Waals surface area contributed by atoms with Gasteiger partial charge in [0.05, 0.1) is 34.0 Å². The number of halogens is 2. The molecule has 182 valence electrons. The molecule has 5 atom stereocenters. The van der Waals surface area contributed by atoms with Gasteiger partial charge < -0.3 is 16.4 Å². The first-order valence-corrected chi connectivity index (χ1v) is 11.9. The zero-order valence-electron chi connectivity index (χ0n) is 18.0. The smallest absolute Gasteiger partial charge is 0.271 e. The Morgan fingerprint density at radius 2 is 2.17 bits per heavy atom. The lowest BCUT2D eigenvalue weighted by Gasteiger charge is -2.34. The summed E-state index contributed by atoms with van der Waals surface area (Å²) in [4.78, 5) is 42.6. The molecule has 11 nitrogen and oxygen atoms in total. The van der Waals surface area contributed by atoms with Crippen LogP contribution in [0.3, 0.4) is 0 Å². The maximum atomic E-state index is 14.2. The van der Waals surface area contributed by atoms with Gasteiger partial charge in [0.1, 0.15) is 6.07 Å². The molecule has 1 aromatic carbocycles. The number of anilines is 2. The number of benzene rings is 1. The molecule has 14 heteroatoms. The molecule has 2 fully saturated rings. The minimum Gasteiger partial charge on any atom is -0.369 e. The number of primary amides is 1. The van der Waals surface area contributed by atoms with E-state index in [-0.39, 0.29) is 50.9 Å². The molecule has 4 rings (SSSR count). The fourth-order valence-electron chi connectivity index (χ4n) is 4.92. The number of aromatic nitrogens is 2. The molecule has 2 aromatic rings. The van der Waals surface area contributed by atoms with Crippen LogP contribution in [0.4, 0.5) is 21.6 Å². The Kier molecular flexibility index (Phi) is 7.04. The van der Waals surface area contributed by atoms with Crippen molar-refractivity contribution in [2.24, 2.45) is 23.5 Å². The van der Waals surface area contributed by atoms with E-state index in [2.05, 4.69) is 20.6 Å². The Morgan fingerprint density at radius 1 is 1.40 bits per heavy atom. The van der Waals surface area contributed by atoms with Crippen LogP contribution in [0.25, 0.3) is 0 Å². The molecule has 5 unspecified atom stereocenters. The molecule has 2 amide bonds. The number of rotatable bonds is 8. The second-order valence-electron chi connectivity index (χ2n) is 8.33. The summed E-state index contributed by atoms with van der Waals surface area (Å²) >= 11 is 7.14. The average molecular weight is 520 g/mol. The molecule has 0 radical (unpaired) electrons. The van der Waals surface area contributed by atoms with E-state index in [0.717, 1.165) is 12.3 Å². The van der Waals surface area contributed by atoms with Crippen molar-refractivity contribution in [1.82, 2.24) is 9.97 Å². The third kappa shape index (κ3) is 5.13. The number of carbonyl (C=O) groups is 2. The number of nitrogens with zero attached hydrogens (tertiary/aromatic N) is 4. The van der Waals surface area contributed by atoms with E-state index in [9.17, 15) is 29.4 Å². The van der Waals surface area contributed by atoms with Gasteiger partial charge in [-0.3, -0.25) is 19.7 Å². The molecule has 2 saturated carbocycles. The summed E-state index contributed by atoms with van der Waals surface area (Å²) in [6, 6.07) is 5.00. The molecule has 0 spiro atoms. The van der Waals surface area contributed by atoms with Crippen LogP contribution in [-0.4, -0.2) is 43.8 Å². The Hall–Kier alpha value is -3.50. The zero-order valence-corrected chi connectivity index (χ0v) is 19.6. The summed E-state index contributed by atoms with van der Waals surface area (Å²) in [6.45, 7) is 0. The van der Waals surface area contributed by atoms with Crippen LogP contribution >= 0.6 is 23.4 Å². The number of hydrogen-bond acceptors (Lipinski definition) is 9. The highest BCUT2D eigenvalue weighted by atomic mass is 35.5. The highest BCUT2D eigenvalue weighted by Gasteiger charge is 2.55. The number of nitrogens with two attached hydrogens (primary N) is 1. The molecule has 35 heavy (non-hydrogen) atoms. The van der Waals surface area contributed by atoms with Crippen molar-refractivity contribution in [3.8, 4) is 6.07 Å². The lowest BCUT2D eigenvalue weighted by atomic mass is 9.83. The molecule has 4 N–H and O–H groups in total. The molecule has 2 bridgehead atoms. The third-order valence-electron chi connectivity index (χ3n) is 6.33. The van der Waals surface area contributed by atoms with Crippen molar-refractivity contribution in [2.75, 3.05) is 16.4 Å².